The second kappa shape index (κ2) is 5.34. The van der Waals surface area contributed by atoms with Crippen molar-refractivity contribution in [2.45, 2.75) is 46.3 Å². The fourth-order valence-electron chi connectivity index (χ4n) is 3.30. The van der Waals surface area contributed by atoms with Crippen molar-refractivity contribution in [1.82, 2.24) is 4.90 Å². The number of carbonyl (C=O) groups is 1. The minimum Gasteiger partial charge on any atom is -0.389 e. The second-order valence-corrected chi connectivity index (χ2v) is 7.54. The standard InChI is InChI=1S/C18H25N3O2/c1-11-9-13-15(19-23-18(2,3)4)17(22)21(6)16(13)14-10-20(5)8-7-12(11)14/h9H,7-8,10H2,1-6H3/b19-15-. The van der Waals surface area contributed by atoms with E-state index in [9.17, 15) is 4.79 Å². The second-order valence-electron chi connectivity index (χ2n) is 7.54. The molecule has 1 amide bonds. The number of aryl methyl sites for hydroxylation is 1. The van der Waals surface area contributed by atoms with E-state index in [0.29, 0.717) is 5.71 Å². The number of benzene rings is 1. The predicted molar refractivity (Wildman–Crippen MR) is 92.0 cm³/mol. The first-order chi connectivity index (χ1) is 10.7. The molecule has 1 aromatic carbocycles. The summed E-state index contributed by atoms with van der Waals surface area (Å²) < 4.78 is 0. The fourth-order valence-corrected chi connectivity index (χ4v) is 3.30. The Balaban J connectivity index is 2.14. The zero-order valence-electron chi connectivity index (χ0n) is 14.9. The highest BCUT2D eigenvalue weighted by Gasteiger charge is 2.37. The van der Waals surface area contributed by atoms with Crippen LogP contribution in [0.1, 0.15) is 43.0 Å². The number of carbonyl (C=O) groups excluding carboxylic acids is 1. The molecule has 0 saturated carbocycles. The van der Waals surface area contributed by atoms with Crippen LogP contribution < -0.4 is 4.90 Å². The highest BCUT2D eigenvalue weighted by Crippen LogP contribution is 2.38. The van der Waals surface area contributed by atoms with Gasteiger partial charge in [-0.25, -0.2) is 0 Å². The number of amides is 1. The van der Waals surface area contributed by atoms with E-state index < -0.39 is 5.60 Å². The van der Waals surface area contributed by atoms with Crippen molar-refractivity contribution >= 4 is 17.3 Å². The molecule has 124 valence electrons. The molecule has 0 unspecified atom stereocenters. The van der Waals surface area contributed by atoms with E-state index in [-0.39, 0.29) is 5.91 Å². The van der Waals surface area contributed by atoms with E-state index in [0.717, 1.165) is 30.8 Å². The van der Waals surface area contributed by atoms with Crippen molar-refractivity contribution in [3.05, 3.63) is 28.3 Å². The molecule has 5 nitrogen and oxygen atoms in total. The minimum atomic E-state index is -0.419. The van der Waals surface area contributed by atoms with E-state index in [1.807, 2.05) is 27.8 Å². The van der Waals surface area contributed by atoms with Crippen LogP contribution in [-0.4, -0.2) is 42.8 Å². The Morgan fingerprint density at radius 1 is 1.22 bits per heavy atom. The molecule has 0 spiro atoms. The lowest BCUT2D eigenvalue weighted by Crippen LogP contribution is -2.30. The van der Waals surface area contributed by atoms with Gasteiger partial charge in [0.2, 0.25) is 0 Å². The van der Waals surface area contributed by atoms with Gasteiger partial charge in [0.15, 0.2) is 5.71 Å². The molecule has 5 heteroatoms. The molecular formula is C18H25N3O2. The van der Waals surface area contributed by atoms with Gasteiger partial charge >= 0.3 is 0 Å². The number of anilines is 1. The van der Waals surface area contributed by atoms with Gasteiger partial charge < -0.3 is 14.6 Å². The van der Waals surface area contributed by atoms with Gasteiger partial charge in [-0.05, 0) is 63.9 Å². The molecule has 2 aliphatic rings. The van der Waals surface area contributed by atoms with E-state index in [1.165, 1.54) is 16.7 Å². The van der Waals surface area contributed by atoms with Crippen LogP contribution in [0.15, 0.2) is 11.2 Å². The fraction of sp³-hybridized carbons (Fsp3) is 0.556. The molecule has 0 radical (unpaired) electrons. The lowest BCUT2D eigenvalue weighted by Gasteiger charge is -2.29. The first-order valence-corrected chi connectivity index (χ1v) is 8.07. The van der Waals surface area contributed by atoms with Crippen LogP contribution in [0.5, 0.6) is 0 Å². The maximum absolute atomic E-state index is 12.7. The van der Waals surface area contributed by atoms with Crippen molar-refractivity contribution in [3.8, 4) is 0 Å². The number of fused-ring (bicyclic) bond motifs is 3. The quantitative estimate of drug-likeness (QED) is 0.748. The number of hydrogen-bond donors (Lipinski definition) is 0. The van der Waals surface area contributed by atoms with Crippen LogP contribution in [0.2, 0.25) is 0 Å². The number of oxime groups is 1. The van der Waals surface area contributed by atoms with Crippen molar-refractivity contribution < 1.29 is 9.63 Å². The van der Waals surface area contributed by atoms with Crippen LogP contribution in [0.4, 0.5) is 5.69 Å². The van der Waals surface area contributed by atoms with Gasteiger partial charge in [-0.3, -0.25) is 4.79 Å². The number of rotatable bonds is 1. The van der Waals surface area contributed by atoms with E-state index >= 15 is 0 Å². The smallest absolute Gasteiger partial charge is 0.280 e. The summed E-state index contributed by atoms with van der Waals surface area (Å²) in [5, 5.41) is 4.19. The average Bonchev–Trinajstić information content (AvgIpc) is 2.68. The highest BCUT2D eigenvalue weighted by molar-refractivity contribution is 6.54. The Morgan fingerprint density at radius 2 is 1.91 bits per heavy atom. The van der Waals surface area contributed by atoms with Gasteiger partial charge in [0.25, 0.3) is 5.91 Å². The summed E-state index contributed by atoms with van der Waals surface area (Å²) in [6, 6.07) is 2.09. The van der Waals surface area contributed by atoms with Crippen molar-refractivity contribution in [2.24, 2.45) is 5.16 Å². The predicted octanol–water partition coefficient (Wildman–Crippen LogP) is 2.48. The van der Waals surface area contributed by atoms with E-state index in [4.69, 9.17) is 4.84 Å². The van der Waals surface area contributed by atoms with Crippen molar-refractivity contribution in [2.75, 3.05) is 25.5 Å². The number of likely N-dealkylation sites (N-methyl/N-ethyl adjacent to an activating group) is 2. The first-order valence-electron chi connectivity index (χ1n) is 8.07. The molecule has 0 atom stereocenters. The molecule has 2 heterocycles. The lowest BCUT2D eigenvalue weighted by molar-refractivity contribution is -0.112. The third kappa shape index (κ3) is 2.74. The maximum atomic E-state index is 12.7. The van der Waals surface area contributed by atoms with E-state index in [1.54, 1.807) is 4.90 Å². The van der Waals surface area contributed by atoms with Gasteiger partial charge in [-0.2, -0.15) is 0 Å². The Bertz CT molecular complexity index is 701. The Labute approximate surface area is 137 Å². The van der Waals surface area contributed by atoms with Crippen molar-refractivity contribution in [1.29, 1.82) is 0 Å². The van der Waals surface area contributed by atoms with E-state index in [2.05, 4.69) is 30.1 Å². The van der Waals surface area contributed by atoms with Crippen LogP contribution >= 0.6 is 0 Å². The first kappa shape index (κ1) is 16.0. The summed E-state index contributed by atoms with van der Waals surface area (Å²) >= 11 is 0. The molecule has 1 aromatic rings. The highest BCUT2D eigenvalue weighted by atomic mass is 16.6. The molecule has 0 saturated heterocycles. The summed E-state index contributed by atoms with van der Waals surface area (Å²) in [5.41, 5.74) is 5.75. The molecule has 0 bridgehead atoms. The number of nitrogens with zero attached hydrogens (tertiary/aromatic N) is 3. The van der Waals surface area contributed by atoms with Gasteiger partial charge in [0.1, 0.15) is 5.60 Å². The molecular weight excluding hydrogens is 290 g/mol. The lowest BCUT2D eigenvalue weighted by atomic mass is 9.91. The van der Waals surface area contributed by atoms with Gasteiger partial charge in [-0.1, -0.05) is 5.16 Å². The van der Waals surface area contributed by atoms with Gasteiger partial charge in [0, 0.05) is 25.7 Å². The molecule has 0 aliphatic carbocycles. The molecule has 0 aromatic heterocycles. The summed E-state index contributed by atoms with van der Waals surface area (Å²) in [6.07, 6.45) is 1.03. The van der Waals surface area contributed by atoms with Gasteiger partial charge in [-0.15, -0.1) is 0 Å². The molecule has 23 heavy (non-hydrogen) atoms. The Hall–Kier alpha value is -1.88. The van der Waals surface area contributed by atoms with Crippen LogP contribution in [0.3, 0.4) is 0 Å². The largest absolute Gasteiger partial charge is 0.389 e. The topological polar surface area (TPSA) is 45.1 Å². The third-order valence-electron chi connectivity index (χ3n) is 4.42. The summed E-state index contributed by atoms with van der Waals surface area (Å²) in [5.74, 6) is -0.0923. The van der Waals surface area contributed by atoms with Crippen LogP contribution in [0, 0.1) is 6.92 Å². The minimum absolute atomic E-state index is 0.0923. The summed E-state index contributed by atoms with van der Waals surface area (Å²) in [7, 11) is 3.94. The molecule has 0 fully saturated rings. The zero-order chi connectivity index (χ0) is 16.9. The normalized spacial score (nSPS) is 20.0. The monoisotopic (exact) mass is 315 g/mol. The maximum Gasteiger partial charge on any atom is 0.280 e. The van der Waals surface area contributed by atoms with Crippen molar-refractivity contribution in [3.63, 3.8) is 0 Å². The van der Waals surface area contributed by atoms with Crippen LogP contribution in [0.25, 0.3) is 0 Å². The summed E-state index contributed by atoms with van der Waals surface area (Å²) in [4.78, 5) is 22.2. The third-order valence-corrected chi connectivity index (χ3v) is 4.42. The summed E-state index contributed by atoms with van der Waals surface area (Å²) in [6.45, 7) is 9.81. The average molecular weight is 315 g/mol. The Morgan fingerprint density at radius 3 is 2.57 bits per heavy atom. The van der Waals surface area contributed by atoms with Gasteiger partial charge in [0.05, 0.1) is 5.69 Å². The SMILES string of the molecule is Cc1cc2c(c3c1CCN(C)C3)N(C)C(=O)/C2=N\OC(C)(C)C. The van der Waals surface area contributed by atoms with Crippen LogP contribution in [-0.2, 0) is 22.6 Å². The molecule has 3 rings (SSSR count). The molecule has 0 N–H and O–H groups in total. The number of hydrogen-bond acceptors (Lipinski definition) is 4. The zero-order valence-corrected chi connectivity index (χ0v) is 14.9. The Kier molecular flexibility index (Phi) is 3.71. The molecule has 2 aliphatic heterocycles.